The minimum atomic E-state index is -0.295. The zero-order valence-corrected chi connectivity index (χ0v) is 13.3. The number of nitrogens with one attached hydrogen (secondary N) is 1. The molecule has 0 fully saturated rings. The standard InChI is InChI=1S/C15H16ClN5O/c1-9-11(10(2)20(3)18-9)8-17-15(22)14-13(16)12-6-4-5-7-21(12)19-14/h4-7H,8H2,1-3H3,(H,17,22). The van der Waals surface area contributed by atoms with E-state index in [4.69, 9.17) is 11.6 Å². The Labute approximate surface area is 132 Å². The Morgan fingerprint density at radius 2 is 2.09 bits per heavy atom. The molecule has 6 nitrogen and oxygen atoms in total. The van der Waals surface area contributed by atoms with Crippen molar-refractivity contribution in [2.24, 2.45) is 7.05 Å². The van der Waals surface area contributed by atoms with Gasteiger partial charge in [0.15, 0.2) is 5.69 Å². The van der Waals surface area contributed by atoms with Crippen LogP contribution in [0.4, 0.5) is 0 Å². The van der Waals surface area contributed by atoms with Crippen LogP contribution in [0.1, 0.15) is 27.4 Å². The van der Waals surface area contributed by atoms with Crippen molar-refractivity contribution in [1.82, 2.24) is 24.7 Å². The van der Waals surface area contributed by atoms with Crippen molar-refractivity contribution in [3.8, 4) is 0 Å². The molecule has 0 unspecified atom stereocenters. The first-order chi connectivity index (χ1) is 10.5. The first kappa shape index (κ1) is 14.6. The first-order valence-electron chi connectivity index (χ1n) is 6.89. The number of rotatable bonds is 3. The van der Waals surface area contributed by atoms with Crippen molar-refractivity contribution >= 4 is 23.0 Å². The van der Waals surface area contributed by atoms with Crippen molar-refractivity contribution < 1.29 is 4.79 Å². The van der Waals surface area contributed by atoms with E-state index < -0.39 is 0 Å². The third-order valence-electron chi connectivity index (χ3n) is 3.78. The Morgan fingerprint density at radius 1 is 1.32 bits per heavy atom. The lowest BCUT2D eigenvalue weighted by Gasteiger charge is -2.04. The van der Waals surface area contributed by atoms with Crippen LogP contribution in [-0.2, 0) is 13.6 Å². The van der Waals surface area contributed by atoms with E-state index in [0.29, 0.717) is 17.1 Å². The van der Waals surface area contributed by atoms with E-state index in [-0.39, 0.29) is 11.6 Å². The highest BCUT2D eigenvalue weighted by Crippen LogP contribution is 2.21. The molecule has 3 heterocycles. The van der Waals surface area contributed by atoms with Crippen molar-refractivity contribution in [3.63, 3.8) is 0 Å². The molecule has 3 rings (SSSR count). The average molecular weight is 318 g/mol. The van der Waals surface area contributed by atoms with E-state index in [0.717, 1.165) is 17.0 Å². The fourth-order valence-electron chi connectivity index (χ4n) is 2.44. The van der Waals surface area contributed by atoms with E-state index in [9.17, 15) is 4.79 Å². The highest BCUT2D eigenvalue weighted by Gasteiger charge is 2.18. The van der Waals surface area contributed by atoms with E-state index in [1.165, 1.54) is 0 Å². The number of hydrogen-bond donors (Lipinski definition) is 1. The van der Waals surface area contributed by atoms with Gasteiger partial charge in [0.1, 0.15) is 0 Å². The first-order valence-corrected chi connectivity index (χ1v) is 7.27. The summed E-state index contributed by atoms with van der Waals surface area (Å²) in [5, 5.41) is 11.8. The number of amides is 1. The van der Waals surface area contributed by atoms with Crippen LogP contribution in [0.25, 0.3) is 5.52 Å². The number of hydrogen-bond acceptors (Lipinski definition) is 3. The molecule has 0 aliphatic rings. The predicted octanol–water partition coefficient (Wildman–Crippen LogP) is 2.27. The van der Waals surface area contributed by atoms with Gasteiger partial charge in [-0.15, -0.1) is 0 Å². The topological polar surface area (TPSA) is 64.2 Å². The molecule has 0 spiro atoms. The molecule has 0 bridgehead atoms. The molecule has 0 aromatic carbocycles. The van der Waals surface area contributed by atoms with Crippen LogP contribution in [-0.4, -0.2) is 25.3 Å². The molecule has 3 aromatic heterocycles. The normalized spacial score (nSPS) is 11.1. The van der Waals surface area contributed by atoms with Gasteiger partial charge < -0.3 is 5.32 Å². The molecule has 0 saturated carbocycles. The van der Waals surface area contributed by atoms with Gasteiger partial charge in [-0.05, 0) is 26.0 Å². The van der Waals surface area contributed by atoms with Gasteiger partial charge in [0.2, 0.25) is 0 Å². The third-order valence-corrected chi connectivity index (χ3v) is 4.15. The summed E-state index contributed by atoms with van der Waals surface area (Å²) in [5.41, 5.74) is 3.88. The molecular formula is C15H16ClN5O. The number of halogens is 1. The molecule has 0 aliphatic carbocycles. The summed E-state index contributed by atoms with van der Waals surface area (Å²) in [7, 11) is 1.88. The molecule has 0 saturated heterocycles. The number of carbonyl (C=O) groups is 1. The summed E-state index contributed by atoms with van der Waals surface area (Å²) in [6, 6.07) is 5.51. The van der Waals surface area contributed by atoms with Crippen LogP contribution >= 0.6 is 11.6 Å². The zero-order valence-electron chi connectivity index (χ0n) is 12.6. The maximum absolute atomic E-state index is 12.3. The number of nitrogens with zero attached hydrogens (tertiary/aromatic N) is 4. The van der Waals surface area contributed by atoms with Crippen molar-refractivity contribution in [2.45, 2.75) is 20.4 Å². The monoisotopic (exact) mass is 317 g/mol. The van der Waals surface area contributed by atoms with E-state index >= 15 is 0 Å². The fraction of sp³-hybridized carbons (Fsp3) is 0.267. The van der Waals surface area contributed by atoms with E-state index in [1.54, 1.807) is 15.4 Å². The minimum absolute atomic E-state index is 0.229. The Kier molecular flexibility index (Phi) is 3.62. The maximum Gasteiger partial charge on any atom is 0.273 e. The minimum Gasteiger partial charge on any atom is -0.346 e. The molecule has 0 atom stereocenters. The van der Waals surface area contributed by atoms with Gasteiger partial charge in [0, 0.05) is 31.0 Å². The zero-order chi connectivity index (χ0) is 15.9. The van der Waals surface area contributed by atoms with Gasteiger partial charge in [0.05, 0.1) is 16.2 Å². The van der Waals surface area contributed by atoms with Crippen molar-refractivity contribution in [1.29, 1.82) is 0 Å². The highest BCUT2D eigenvalue weighted by molar-refractivity contribution is 6.36. The second-order valence-corrected chi connectivity index (χ2v) is 5.53. The Balaban J connectivity index is 1.83. The molecule has 1 amide bonds. The summed E-state index contributed by atoms with van der Waals surface area (Å²) >= 11 is 6.24. The molecule has 0 aliphatic heterocycles. The van der Waals surface area contributed by atoms with Crippen LogP contribution < -0.4 is 5.32 Å². The quantitative estimate of drug-likeness (QED) is 0.806. The largest absolute Gasteiger partial charge is 0.346 e. The number of fused-ring (bicyclic) bond motifs is 1. The lowest BCUT2D eigenvalue weighted by molar-refractivity contribution is 0.0945. The molecule has 22 heavy (non-hydrogen) atoms. The van der Waals surface area contributed by atoms with E-state index in [2.05, 4.69) is 15.5 Å². The summed E-state index contributed by atoms with van der Waals surface area (Å²) in [4.78, 5) is 12.3. The van der Waals surface area contributed by atoms with E-state index in [1.807, 2.05) is 39.1 Å². The third kappa shape index (κ3) is 2.35. The summed E-state index contributed by atoms with van der Waals surface area (Å²) in [5.74, 6) is -0.295. The summed E-state index contributed by atoms with van der Waals surface area (Å²) < 4.78 is 3.40. The molecule has 7 heteroatoms. The molecule has 3 aromatic rings. The fourth-order valence-corrected chi connectivity index (χ4v) is 2.71. The maximum atomic E-state index is 12.3. The van der Waals surface area contributed by atoms with Crippen LogP contribution in [0.3, 0.4) is 0 Å². The van der Waals surface area contributed by atoms with Crippen molar-refractivity contribution in [3.05, 3.63) is 52.1 Å². The van der Waals surface area contributed by atoms with Gasteiger partial charge in [-0.3, -0.25) is 9.48 Å². The lowest BCUT2D eigenvalue weighted by Crippen LogP contribution is -2.24. The van der Waals surface area contributed by atoms with Crippen LogP contribution in [0.15, 0.2) is 24.4 Å². The molecule has 114 valence electrons. The van der Waals surface area contributed by atoms with Gasteiger partial charge in [-0.2, -0.15) is 10.2 Å². The summed E-state index contributed by atoms with van der Waals surface area (Å²) in [6.07, 6.45) is 1.76. The second-order valence-electron chi connectivity index (χ2n) is 5.15. The van der Waals surface area contributed by atoms with Crippen LogP contribution in [0.2, 0.25) is 5.02 Å². The number of aromatic nitrogens is 4. The smallest absolute Gasteiger partial charge is 0.273 e. The Morgan fingerprint density at radius 3 is 2.73 bits per heavy atom. The lowest BCUT2D eigenvalue weighted by atomic mass is 10.2. The Hall–Kier alpha value is -2.34. The SMILES string of the molecule is Cc1nn(C)c(C)c1CNC(=O)c1nn2ccccc2c1Cl. The summed E-state index contributed by atoms with van der Waals surface area (Å²) in [6.45, 7) is 4.29. The van der Waals surface area contributed by atoms with Crippen LogP contribution in [0.5, 0.6) is 0 Å². The van der Waals surface area contributed by atoms with Gasteiger partial charge in [-0.1, -0.05) is 17.7 Å². The molecular weight excluding hydrogens is 302 g/mol. The van der Waals surface area contributed by atoms with Crippen LogP contribution in [0, 0.1) is 13.8 Å². The van der Waals surface area contributed by atoms with Gasteiger partial charge in [-0.25, -0.2) is 4.52 Å². The van der Waals surface area contributed by atoms with Crippen molar-refractivity contribution in [2.75, 3.05) is 0 Å². The molecule has 0 radical (unpaired) electrons. The second kappa shape index (κ2) is 5.46. The van der Waals surface area contributed by atoms with Gasteiger partial charge in [0.25, 0.3) is 5.91 Å². The number of pyridine rings is 1. The number of aryl methyl sites for hydroxylation is 2. The Bertz CT molecular complexity index is 864. The predicted molar refractivity (Wildman–Crippen MR) is 84.1 cm³/mol. The molecule has 1 N–H and O–H groups in total. The van der Waals surface area contributed by atoms with Gasteiger partial charge >= 0.3 is 0 Å². The number of carbonyl (C=O) groups excluding carboxylic acids is 1. The highest BCUT2D eigenvalue weighted by atomic mass is 35.5. The average Bonchev–Trinajstić information content (AvgIpc) is 2.96.